The quantitative estimate of drug-likeness (QED) is 0.133. The number of nitrogens with one attached hydrogen (secondary N) is 4. The minimum absolute atomic E-state index is 0.121. The average Bonchev–Trinajstić information content (AvgIpc) is 3.25. The molecule has 1 heterocycles. The van der Waals surface area contributed by atoms with Crippen LogP contribution in [0.25, 0.3) is 0 Å². The molecule has 0 bridgehead atoms. The van der Waals surface area contributed by atoms with Crippen molar-refractivity contribution >= 4 is 41.3 Å². The van der Waals surface area contributed by atoms with Crippen molar-refractivity contribution in [2.45, 2.75) is 91.6 Å². The Labute approximate surface area is 259 Å². The van der Waals surface area contributed by atoms with Gasteiger partial charge in [-0.15, -0.1) is 0 Å². The van der Waals surface area contributed by atoms with E-state index >= 15 is 0 Å². The molecular weight excluding hydrogens is 564 g/mol. The normalized spacial score (nSPS) is 14.4. The van der Waals surface area contributed by atoms with Gasteiger partial charge in [-0.1, -0.05) is 53.2 Å². The predicted octanol–water partition coefficient (Wildman–Crippen LogP) is 2.77. The first-order chi connectivity index (χ1) is 20.7. The minimum atomic E-state index is -0.921. The highest BCUT2D eigenvalue weighted by Crippen LogP contribution is 2.22. The molecule has 44 heavy (non-hydrogen) atoms. The molecule has 2 atom stereocenters. The van der Waals surface area contributed by atoms with E-state index in [-0.39, 0.29) is 48.4 Å². The van der Waals surface area contributed by atoms with Crippen LogP contribution in [0.15, 0.2) is 36.4 Å². The van der Waals surface area contributed by atoms with E-state index < -0.39 is 29.9 Å². The predicted molar refractivity (Wildman–Crippen MR) is 168 cm³/mol. The fourth-order valence-corrected chi connectivity index (χ4v) is 4.76. The number of anilines is 1. The number of amides is 7. The maximum absolute atomic E-state index is 13.3. The second kappa shape index (κ2) is 17.2. The summed E-state index contributed by atoms with van der Waals surface area (Å²) in [6, 6.07) is 5.08. The lowest BCUT2D eigenvalue weighted by molar-refractivity contribution is -0.137. The van der Waals surface area contributed by atoms with Crippen LogP contribution in [0, 0.1) is 11.3 Å². The van der Waals surface area contributed by atoms with Crippen LogP contribution in [-0.4, -0.2) is 65.6 Å². The van der Waals surface area contributed by atoms with Gasteiger partial charge < -0.3 is 27.0 Å². The van der Waals surface area contributed by atoms with E-state index in [1.165, 1.54) is 12.2 Å². The van der Waals surface area contributed by atoms with Crippen molar-refractivity contribution in [3.05, 3.63) is 42.0 Å². The molecule has 1 aliphatic heterocycles. The number of carbonyl (C=O) groups excluding carboxylic acids is 6. The Bertz CT molecular complexity index is 1190. The molecule has 12 nitrogen and oxygen atoms in total. The number of primary amides is 1. The monoisotopic (exact) mass is 612 g/mol. The molecular formula is C32H48N6O6. The van der Waals surface area contributed by atoms with Gasteiger partial charge in [-0.25, -0.2) is 4.79 Å². The first kappa shape index (κ1) is 36.0. The first-order valence-corrected chi connectivity index (χ1v) is 15.2. The largest absolute Gasteiger partial charge is 0.352 e. The van der Waals surface area contributed by atoms with Gasteiger partial charge in [-0.05, 0) is 61.1 Å². The Balaban J connectivity index is 1.95. The SMILES string of the molecule is CC(C)C(NC(=O)CCCCCN1C(=O)C=CC1=O)C(=O)N[C@@H](CCCNC(N)=O)C(=O)Nc1ccc(CC(C)(C)C)cc1. The molecule has 2 rings (SSSR count). The highest BCUT2D eigenvalue weighted by Gasteiger charge is 2.29. The lowest BCUT2D eigenvalue weighted by Crippen LogP contribution is -2.54. The van der Waals surface area contributed by atoms with E-state index in [9.17, 15) is 28.8 Å². The molecule has 0 spiro atoms. The van der Waals surface area contributed by atoms with E-state index in [0.717, 1.165) is 16.9 Å². The fourth-order valence-electron chi connectivity index (χ4n) is 4.76. The van der Waals surface area contributed by atoms with E-state index in [4.69, 9.17) is 5.73 Å². The van der Waals surface area contributed by atoms with Gasteiger partial charge in [0.2, 0.25) is 17.7 Å². The molecule has 0 aromatic heterocycles. The summed E-state index contributed by atoms with van der Waals surface area (Å²) >= 11 is 0. The third kappa shape index (κ3) is 13.0. The maximum atomic E-state index is 13.3. The number of hydrogen-bond donors (Lipinski definition) is 5. The lowest BCUT2D eigenvalue weighted by Gasteiger charge is -2.25. The van der Waals surface area contributed by atoms with Gasteiger partial charge in [0.25, 0.3) is 11.8 Å². The maximum Gasteiger partial charge on any atom is 0.312 e. The number of carbonyl (C=O) groups is 6. The van der Waals surface area contributed by atoms with Crippen molar-refractivity contribution in [3.8, 4) is 0 Å². The summed E-state index contributed by atoms with van der Waals surface area (Å²) in [5.74, 6) is -2.13. The van der Waals surface area contributed by atoms with Gasteiger partial charge in [0, 0.05) is 37.3 Å². The van der Waals surface area contributed by atoms with Gasteiger partial charge in [0.05, 0.1) is 0 Å². The van der Waals surface area contributed by atoms with E-state index in [1.807, 2.05) is 24.3 Å². The van der Waals surface area contributed by atoms with Crippen LogP contribution in [0.2, 0.25) is 0 Å². The molecule has 0 saturated heterocycles. The molecule has 6 N–H and O–H groups in total. The molecule has 7 amide bonds. The van der Waals surface area contributed by atoms with Crippen LogP contribution >= 0.6 is 0 Å². The molecule has 0 radical (unpaired) electrons. The van der Waals surface area contributed by atoms with Crippen molar-refractivity contribution in [2.75, 3.05) is 18.4 Å². The molecule has 0 saturated carbocycles. The van der Waals surface area contributed by atoms with E-state index in [2.05, 4.69) is 42.0 Å². The summed E-state index contributed by atoms with van der Waals surface area (Å²) in [5, 5.41) is 10.9. The van der Waals surface area contributed by atoms with Gasteiger partial charge in [0.1, 0.15) is 12.1 Å². The molecule has 1 unspecified atom stereocenters. The Kier molecular flexibility index (Phi) is 14.0. The zero-order valence-corrected chi connectivity index (χ0v) is 26.5. The number of unbranched alkanes of at least 4 members (excludes halogenated alkanes) is 2. The summed E-state index contributed by atoms with van der Waals surface area (Å²) in [6.45, 7) is 10.6. The van der Waals surface area contributed by atoms with Crippen molar-refractivity contribution in [1.29, 1.82) is 0 Å². The minimum Gasteiger partial charge on any atom is -0.352 e. The Morgan fingerprint density at radius 1 is 0.864 bits per heavy atom. The van der Waals surface area contributed by atoms with Crippen LogP contribution in [0.1, 0.15) is 78.7 Å². The lowest BCUT2D eigenvalue weighted by atomic mass is 9.88. The number of benzene rings is 1. The average molecular weight is 613 g/mol. The number of rotatable bonds is 17. The van der Waals surface area contributed by atoms with Crippen molar-refractivity contribution in [1.82, 2.24) is 20.9 Å². The third-order valence-electron chi connectivity index (χ3n) is 7.01. The van der Waals surface area contributed by atoms with Crippen LogP contribution < -0.4 is 27.0 Å². The third-order valence-corrected chi connectivity index (χ3v) is 7.01. The van der Waals surface area contributed by atoms with Crippen molar-refractivity contribution in [2.24, 2.45) is 17.1 Å². The van der Waals surface area contributed by atoms with Crippen LogP contribution in [0.5, 0.6) is 0 Å². The highest BCUT2D eigenvalue weighted by atomic mass is 16.2. The van der Waals surface area contributed by atoms with Crippen molar-refractivity contribution < 1.29 is 28.8 Å². The van der Waals surface area contributed by atoms with Gasteiger partial charge in [0.15, 0.2) is 0 Å². The summed E-state index contributed by atoms with van der Waals surface area (Å²) < 4.78 is 0. The standard InChI is InChI=1S/C32H48N6O6/c1-21(2)28(37-25(39)11-7-6-8-19-38-26(40)16-17-27(38)41)30(43)36-24(10-9-18-34-31(33)44)29(42)35-23-14-12-22(13-15-23)20-32(3,4)5/h12-17,21,24,28H,6-11,18-20H2,1-5H3,(H,35,42)(H,36,43)(H,37,39)(H3,33,34,44)/t24-,28?/m0/s1. The number of hydrogen-bond acceptors (Lipinski definition) is 6. The Morgan fingerprint density at radius 3 is 2.07 bits per heavy atom. The summed E-state index contributed by atoms with van der Waals surface area (Å²) in [4.78, 5) is 74.8. The van der Waals surface area contributed by atoms with Crippen LogP contribution in [0.4, 0.5) is 10.5 Å². The van der Waals surface area contributed by atoms with Gasteiger partial charge in [-0.2, -0.15) is 0 Å². The molecule has 12 heteroatoms. The molecule has 242 valence electrons. The summed E-state index contributed by atoms with van der Waals surface area (Å²) in [6.07, 6.45) is 5.87. The molecule has 1 aromatic rings. The van der Waals surface area contributed by atoms with Gasteiger partial charge in [-0.3, -0.25) is 28.9 Å². The second-order valence-corrected chi connectivity index (χ2v) is 12.7. The highest BCUT2D eigenvalue weighted by molar-refractivity contribution is 6.12. The molecule has 1 aromatic carbocycles. The molecule has 0 aliphatic carbocycles. The summed E-state index contributed by atoms with van der Waals surface area (Å²) in [5.41, 5.74) is 6.99. The number of nitrogens with zero attached hydrogens (tertiary/aromatic N) is 1. The number of urea groups is 1. The Morgan fingerprint density at radius 2 is 1.50 bits per heavy atom. The molecule has 0 fully saturated rings. The van der Waals surface area contributed by atoms with Crippen LogP contribution in [0.3, 0.4) is 0 Å². The summed E-state index contributed by atoms with van der Waals surface area (Å²) in [7, 11) is 0. The first-order valence-electron chi connectivity index (χ1n) is 15.2. The second-order valence-electron chi connectivity index (χ2n) is 12.7. The van der Waals surface area contributed by atoms with Crippen LogP contribution in [-0.2, 0) is 30.4 Å². The smallest absolute Gasteiger partial charge is 0.312 e. The molecule has 1 aliphatic rings. The zero-order valence-electron chi connectivity index (χ0n) is 26.5. The van der Waals surface area contributed by atoms with E-state index in [1.54, 1.807) is 13.8 Å². The Hall–Kier alpha value is -4.22. The zero-order chi connectivity index (χ0) is 32.9. The topological polar surface area (TPSA) is 180 Å². The van der Waals surface area contributed by atoms with Crippen molar-refractivity contribution in [3.63, 3.8) is 0 Å². The number of imide groups is 1. The van der Waals surface area contributed by atoms with Gasteiger partial charge >= 0.3 is 6.03 Å². The van der Waals surface area contributed by atoms with E-state index in [0.29, 0.717) is 37.9 Å². The number of nitrogens with two attached hydrogens (primary N) is 1. The fraction of sp³-hybridized carbons (Fsp3) is 0.562.